The van der Waals surface area contributed by atoms with Crippen LogP contribution in [0.15, 0.2) is 170 Å². The number of fused-ring (bicyclic) bond motifs is 10. The fourth-order valence-electron chi connectivity index (χ4n) is 8.96. The van der Waals surface area contributed by atoms with Crippen LogP contribution in [0, 0.1) is 0 Å². The van der Waals surface area contributed by atoms with Crippen LogP contribution in [0.3, 0.4) is 0 Å². The van der Waals surface area contributed by atoms with Gasteiger partial charge in [-0.25, -0.2) is 9.97 Å². The average molecular weight is 695 g/mol. The highest BCUT2D eigenvalue weighted by Gasteiger charge is 2.41. The second kappa shape index (κ2) is 11.2. The summed E-state index contributed by atoms with van der Waals surface area (Å²) in [5, 5.41) is 7.61. The second-order valence-electron chi connectivity index (χ2n) is 14.6. The smallest absolute Gasteiger partial charge is 0.161 e. The Morgan fingerprint density at radius 2 is 1.00 bits per heavy atom. The number of para-hydroxylation sites is 4. The van der Waals surface area contributed by atoms with Gasteiger partial charge < -0.3 is 9.13 Å². The predicted octanol–water partition coefficient (Wildman–Crippen LogP) is 10.8. The predicted molar refractivity (Wildman–Crippen MR) is 224 cm³/mol. The molecule has 1 aliphatic heterocycles. The van der Waals surface area contributed by atoms with Gasteiger partial charge in [-0.1, -0.05) is 134 Å². The third-order valence-electron chi connectivity index (χ3n) is 11.3. The molecule has 0 fully saturated rings. The maximum Gasteiger partial charge on any atom is 0.161 e. The Morgan fingerprint density at radius 1 is 0.453 bits per heavy atom. The average Bonchev–Trinajstić information content (AvgIpc) is 3.81. The fourth-order valence-corrected chi connectivity index (χ4v) is 11.9. The monoisotopic (exact) mass is 694 g/mol. The molecule has 0 atom stereocenters. The first-order valence-corrected chi connectivity index (χ1v) is 21.3. The standard InChI is InChI=1S/C48H34N4Si/c1-53(2)42-28-16-12-24-36(42)45-46(31-17-5-3-6-18-31)49-47(50-48(45)53)35-23-11-15-27-39(35)52-38-26-14-10-22-34(38)44-41(52)30-29-40-43(44)33-21-9-13-25-37(33)51(40)32-19-7-4-8-20-32/h3-30H,1-2H3. The van der Waals surface area contributed by atoms with Crippen LogP contribution in [0.4, 0.5) is 0 Å². The molecule has 0 saturated heterocycles. The molecule has 0 radical (unpaired) electrons. The molecule has 4 nitrogen and oxygen atoms in total. The summed E-state index contributed by atoms with van der Waals surface area (Å²) >= 11 is 0. The summed E-state index contributed by atoms with van der Waals surface area (Å²) in [5.74, 6) is 0.763. The van der Waals surface area contributed by atoms with E-state index in [2.05, 4.69) is 192 Å². The molecule has 53 heavy (non-hydrogen) atoms. The molecule has 0 N–H and O–H groups in total. The highest BCUT2D eigenvalue weighted by molar-refractivity contribution is 7.03. The van der Waals surface area contributed by atoms with Crippen molar-refractivity contribution >= 4 is 62.2 Å². The lowest BCUT2D eigenvalue weighted by atomic mass is 10.0. The van der Waals surface area contributed by atoms with Gasteiger partial charge in [-0.3, -0.25) is 0 Å². The Labute approximate surface area is 308 Å². The van der Waals surface area contributed by atoms with Gasteiger partial charge in [0.1, 0.15) is 8.07 Å². The summed E-state index contributed by atoms with van der Waals surface area (Å²) in [5.41, 5.74) is 12.5. The Morgan fingerprint density at radius 3 is 1.72 bits per heavy atom. The number of aromatic nitrogens is 4. The van der Waals surface area contributed by atoms with E-state index in [0.717, 1.165) is 45.1 Å². The number of hydrogen-bond acceptors (Lipinski definition) is 2. The quantitative estimate of drug-likeness (QED) is 0.172. The van der Waals surface area contributed by atoms with Crippen molar-refractivity contribution in [2.45, 2.75) is 13.1 Å². The zero-order valence-electron chi connectivity index (χ0n) is 29.5. The molecule has 0 bridgehead atoms. The van der Waals surface area contributed by atoms with E-state index < -0.39 is 8.07 Å². The highest BCUT2D eigenvalue weighted by Crippen LogP contribution is 2.44. The van der Waals surface area contributed by atoms with Crippen LogP contribution in [0.5, 0.6) is 0 Å². The van der Waals surface area contributed by atoms with Gasteiger partial charge in [0.05, 0.1) is 33.4 Å². The first kappa shape index (κ1) is 30.1. The van der Waals surface area contributed by atoms with Crippen LogP contribution >= 0.6 is 0 Å². The van der Waals surface area contributed by atoms with E-state index in [0.29, 0.717) is 0 Å². The van der Waals surface area contributed by atoms with Gasteiger partial charge in [0.2, 0.25) is 0 Å². The molecule has 10 aromatic rings. The van der Waals surface area contributed by atoms with Crippen LogP contribution in [0.1, 0.15) is 0 Å². The molecule has 4 heterocycles. The summed E-state index contributed by atoms with van der Waals surface area (Å²) < 4.78 is 4.83. The lowest BCUT2D eigenvalue weighted by molar-refractivity contribution is 1.15. The van der Waals surface area contributed by atoms with Gasteiger partial charge in [0.25, 0.3) is 0 Å². The zero-order chi connectivity index (χ0) is 35.3. The summed E-state index contributed by atoms with van der Waals surface area (Å²) in [6.07, 6.45) is 0. The lowest BCUT2D eigenvalue weighted by Gasteiger charge is -2.20. The Balaban J connectivity index is 1.22. The van der Waals surface area contributed by atoms with E-state index in [4.69, 9.17) is 9.97 Å². The van der Waals surface area contributed by atoms with Crippen molar-refractivity contribution in [1.29, 1.82) is 0 Å². The van der Waals surface area contributed by atoms with Gasteiger partial charge in [-0.15, -0.1) is 0 Å². The largest absolute Gasteiger partial charge is 0.309 e. The van der Waals surface area contributed by atoms with Crippen LogP contribution in [-0.4, -0.2) is 27.2 Å². The normalized spacial score (nSPS) is 13.2. The van der Waals surface area contributed by atoms with Crippen LogP contribution in [-0.2, 0) is 0 Å². The Kier molecular flexibility index (Phi) is 6.37. The van der Waals surface area contributed by atoms with Gasteiger partial charge in [-0.2, -0.15) is 0 Å². The van der Waals surface area contributed by atoms with Gasteiger partial charge >= 0.3 is 0 Å². The molecular formula is C48H34N4Si. The summed E-state index contributed by atoms with van der Waals surface area (Å²) in [6, 6.07) is 61.1. The van der Waals surface area contributed by atoms with E-state index in [1.54, 1.807) is 0 Å². The van der Waals surface area contributed by atoms with Crippen molar-refractivity contribution in [3.8, 4) is 45.1 Å². The van der Waals surface area contributed by atoms with Crippen LogP contribution in [0.25, 0.3) is 88.8 Å². The van der Waals surface area contributed by atoms with Gasteiger partial charge in [-0.05, 0) is 59.3 Å². The van der Waals surface area contributed by atoms with E-state index in [9.17, 15) is 0 Å². The zero-order valence-corrected chi connectivity index (χ0v) is 30.5. The SMILES string of the molecule is C[Si]1(C)c2ccccc2-c2c(-c3ccccc3)nc(-c3ccccc3-n3c4ccccc4c4c5c6ccccc6n(-c6ccccc6)c5ccc43)nc21. The van der Waals surface area contributed by atoms with E-state index in [1.807, 2.05) is 0 Å². The highest BCUT2D eigenvalue weighted by atomic mass is 28.3. The van der Waals surface area contributed by atoms with E-state index >= 15 is 0 Å². The topological polar surface area (TPSA) is 35.6 Å². The number of nitrogens with zero attached hydrogens (tertiary/aromatic N) is 4. The second-order valence-corrected chi connectivity index (χ2v) is 18.8. The molecule has 0 spiro atoms. The lowest BCUT2D eigenvalue weighted by Crippen LogP contribution is -2.50. The molecule has 1 aliphatic rings. The van der Waals surface area contributed by atoms with Gasteiger partial charge in [0, 0.05) is 49.2 Å². The number of benzene rings is 7. The Hall–Kier alpha value is -6.56. The van der Waals surface area contributed by atoms with Crippen molar-refractivity contribution in [2.24, 2.45) is 0 Å². The molecule has 250 valence electrons. The minimum Gasteiger partial charge on any atom is -0.309 e. The first-order valence-electron chi connectivity index (χ1n) is 18.3. The summed E-state index contributed by atoms with van der Waals surface area (Å²) in [4.78, 5) is 11.1. The van der Waals surface area contributed by atoms with Crippen molar-refractivity contribution in [2.75, 3.05) is 0 Å². The maximum atomic E-state index is 5.57. The molecule has 0 amide bonds. The van der Waals surface area contributed by atoms with E-state index in [1.165, 1.54) is 54.2 Å². The summed E-state index contributed by atoms with van der Waals surface area (Å²) in [6.45, 7) is 4.86. The van der Waals surface area contributed by atoms with Crippen molar-refractivity contribution in [3.05, 3.63) is 170 Å². The van der Waals surface area contributed by atoms with Crippen LogP contribution in [0.2, 0.25) is 13.1 Å². The minimum absolute atomic E-state index is 0.763. The number of hydrogen-bond donors (Lipinski definition) is 0. The molecule has 5 heteroatoms. The first-order chi connectivity index (χ1) is 26.1. The number of rotatable bonds is 4. The van der Waals surface area contributed by atoms with Crippen molar-refractivity contribution in [3.63, 3.8) is 0 Å². The molecule has 0 unspecified atom stereocenters. The van der Waals surface area contributed by atoms with Crippen molar-refractivity contribution in [1.82, 2.24) is 19.1 Å². The minimum atomic E-state index is -2.12. The van der Waals surface area contributed by atoms with Crippen molar-refractivity contribution < 1.29 is 0 Å². The molecular weight excluding hydrogens is 661 g/mol. The third kappa shape index (κ3) is 4.23. The molecule has 0 saturated carbocycles. The van der Waals surface area contributed by atoms with E-state index in [-0.39, 0.29) is 0 Å². The third-order valence-corrected chi connectivity index (χ3v) is 14.6. The Bertz CT molecular complexity index is 3080. The molecule has 7 aromatic carbocycles. The van der Waals surface area contributed by atoms with Gasteiger partial charge in [0.15, 0.2) is 5.82 Å². The maximum absolute atomic E-state index is 5.57. The molecule has 11 rings (SSSR count). The molecule has 0 aliphatic carbocycles. The summed E-state index contributed by atoms with van der Waals surface area (Å²) in [7, 11) is -2.12. The molecule has 3 aromatic heterocycles. The van der Waals surface area contributed by atoms with Crippen LogP contribution < -0.4 is 10.5 Å². The fraction of sp³-hybridized carbons (Fsp3) is 0.0417.